The Balaban J connectivity index is 2.75. The van der Waals surface area contributed by atoms with Crippen molar-refractivity contribution in [2.45, 2.75) is 12.7 Å². The molecule has 0 heterocycles. The van der Waals surface area contributed by atoms with Crippen molar-refractivity contribution in [3.05, 3.63) is 29.8 Å². The van der Waals surface area contributed by atoms with Gasteiger partial charge in [-0.25, -0.2) is 0 Å². The van der Waals surface area contributed by atoms with Gasteiger partial charge in [-0.3, -0.25) is 4.57 Å². The molecule has 1 unspecified atom stereocenters. The molecule has 0 amide bonds. The Labute approximate surface area is 87.5 Å². The summed E-state index contributed by atoms with van der Waals surface area (Å²) in [5, 5.41) is 11.2. The van der Waals surface area contributed by atoms with Crippen molar-refractivity contribution in [2.24, 2.45) is 0 Å². The van der Waals surface area contributed by atoms with E-state index >= 15 is 0 Å². The number of nitrogens with one attached hydrogen (secondary N) is 1. The van der Waals surface area contributed by atoms with Crippen LogP contribution in [0.3, 0.4) is 0 Å². The van der Waals surface area contributed by atoms with Crippen molar-refractivity contribution in [1.29, 1.82) is 5.26 Å². The highest BCUT2D eigenvalue weighted by Crippen LogP contribution is 2.40. The number of benzene rings is 1. The zero-order chi connectivity index (χ0) is 11.5. The van der Waals surface area contributed by atoms with E-state index in [1.165, 1.54) is 6.92 Å². The molecule has 3 N–H and O–H groups in total. The lowest BCUT2D eigenvalue weighted by molar-refractivity contribution is 0.364. The van der Waals surface area contributed by atoms with Crippen molar-refractivity contribution in [3.8, 4) is 6.07 Å². The molecule has 5 nitrogen and oxygen atoms in total. The predicted octanol–water partition coefficient (Wildman–Crippen LogP) is 1.49. The first kappa shape index (κ1) is 11.7. The van der Waals surface area contributed by atoms with E-state index in [2.05, 4.69) is 5.32 Å². The van der Waals surface area contributed by atoms with Gasteiger partial charge in [0.2, 0.25) is 0 Å². The number of hydrogen-bond donors (Lipinski definition) is 3. The maximum atomic E-state index is 10.8. The van der Waals surface area contributed by atoms with Crippen LogP contribution in [-0.2, 0) is 4.57 Å². The van der Waals surface area contributed by atoms with Gasteiger partial charge in [0.15, 0.2) is 0 Å². The quantitative estimate of drug-likeness (QED) is 0.679. The van der Waals surface area contributed by atoms with Crippen molar-refractivity contribution in [2.75, 3.05) is 5.32 Å². The fourth-order valence-corrected chi connectivity index (χ4v) is 1.28. The van der Waals surface area contributed by atoms with Crippen molar-refractivity contribution >= 4 is 13.3 Å². The molecule has 1 aromatic carbocycles. The van der Waals surface area contributed by atoms with Crippen LogP contribution in [0.1, 0.15) is 12.5 Å². The molecule has 1 atom stereocenters. The highest BCUT2D eigenvalue weighted by Gasteiger charge is 2.23. The summed E-state index contributed by atoms with van der Waals surface area (Å²) in [6, 6.07) is 8.32. The molecule has 0 aliphatic rings. The van der Waals surface area contributed by atoms with E-state index in [0.717, 1.165) is 0 Å². The molecule has 0 aromatic heterocycles. The summed E-state index contributed by atoms with van der Waals surface area (Å²) in [4.78, 5) is 17.7. The predicted molar refractivity (Wildman–Crippen MR) is 56.3 cm³/mol. The van der Waals surface area contributed by atoms with E-state index in [0.29, 0.717) is 11.3 Å². The van der Waals surface area contributed by atoms with E-state index in [1.807, 2.05) is 6.07 Å². The van der Waals surface area contributed by atoms with Gasteiger partial charge in [0.25, 0.3) is 0 Å². The van der Waals surface area contributed by atoms with Crippen LogP contribution in [0.15, 0.2) is 24.3 Å². The normalized spacial score (nSPS) is 12.9. The summed E-state index contributed by atoms with van der Waals surface area (Å²) < 4.78 is 10.8. The summed E-state index contributed by atoms with van der Waals surface area (Å²) in [7, 11) is -4.12. The van der Waals surface area contributed by atoms with Crippen LogP contribution in [0, 0.1) is 11.3 Å². The number of anilines is 1. The SMILES string of the molecule is CC(Nc1ccc(C#N)cc1)P(=O)(O)O. The van der Waals surface area contributed by atoms with Crippen LogP contribution < -0.4 is 5.32 Å². The first-order valence-electron chi connectivity index (χ1n) is 4.25. The smallest absolute Gasteiger partial charge is 0.347 e. The van der Waals surface area contributed by atoms with Crippen LogP contribution in [-0.4, -0.2) is 15.6 Å². The molecule has 0 bridgehead atoms. The third-order valence-corrected chi connectivity index (χ3v) is 3.03. The Morgan fingerprint density at radius 1 is 1.40 bits per heavy atom. The van der Waals surface area contributed by atoms with Gasteiger partial charge in [0, 0.05) is 5.69 Å². The molecular formula is C9H11N2O3P. The Bertz CT molecular complexity index is 418. The molecule has 0 saturated heterocycles. The number of rotatable bonds is 3. The van der Waals surface area contributed by atoms with Gasteiger partial charge in [-0.2, -0.15) is 5.26 Å². The summed E-state index contributed by atoms with van der Waals surface area (Å²) >= 11 is 0. The average Bonchev–Trinajstić information content (AvgIpc) is 2.17. The standard InChI is InChI=1S/C9H11N2O3P/c1-7(15(12,13)14)11-9-4-2-8(6-10)3-5-9/h2-5,7,11H,1H3,(H2,12,13,14). The average molecular weight is 226 g/mol. The molecule has 80 valence electrons. The van der Waals surface area contributed by atoms with Crippen LogP contribution in [0.2, 0.25) is 0 Å². The topological polar surface area (TPSA) is 93.4 Å². The van der Waals surface area contributed by atoms with Gasteiger partial charge >= 0.3 is 7.60 Å². The lowest BCUT2D eigenvalue weighted by Gasteiger charge is -2.16. The fourth-order valence-electron chi connectivity index (χ4n) is 0.966. The Morgan fingerprint density at radius 2 is 1.93 bits per heavy atom. The monoisotopic (exact) mass is 226 g/mol. The highest BCUT2D eigenvalue weighted by atomic mass is 31.2. The molecule has 0 aliphatic carbocycles. The van der Waals surface area contributed by atoms with Gasteiger partial charge in [-0.05, 0) is 31.2 Å². The highest BCUT2D eigenvalue weighted by molar-refractivity contribution is 7.52. The molecule has 1 aromatic rings. The summed E-state index contributed by atoms with van der Waals surface area (Å²) in [5.74, 6) is -0.939. The number of nitrogens with zero attached hydrogens (tertiary/aromatic N) is 1. The second-order valence-electron chi connectivity index (χ2n) is 3.10. The Hall–Kier alpha value is -1.34. The van der Waals surface area contributed by atoms with E-state index in [1.54, 1.807) is 24.3 Å². The van der Waals surface area contributed by atoms with Crippen LogP contribution in [0.5, 0.6) is 0 Å². The zero-order valence-electron chi connectivity index (χ0n) is 8.08. The Kier molecular flexibility index (Phi) is 3.48. The largest absolute Gasteiger partial charge is 0.372 e. The third kappa shape index (κ3) is 3.37. The maximum Gasteiger partial charge on any atom is 0.347 e. The minimum atomic E-state index is -4.12. The minimum absolute atomic E-state index is 0.504. The molecule has 1 rings (SSSR count). The summed E-state index contributed by atoms with van der Waals surface area (Å²) in [6.07, 6.45) is 0. The van der Waals surface area contributed by atoms with Crippen molar-refractivity contribution in [1.82, 2.24) is 0 Å². The summed E-state index contributed by atoms with van der Waals surface area (Å²) in [5.41, 5.74) is 1.08. The fraction of sp³-hybridized carbons (Fsp3) is 0.222. The van der Waals surface area contributed by atoms with Gasteiger partial charge < -0.3 is 15.1 Å². The number of nitriles is 1. The maximum absolute atomic E-state index is 10.8. The molecule has 6 heteroatoms. The lowest BCUT2D eigenvalue weighted by atomic mass is 10.2. The van der Waals surface area contributed by atoms with Gasteiger partial charge in [0.1, 0.15) is 5.78 Å². The van der Waals surface area contributed by atoms with Crippen LogP contribution in [0.25, 0.3) is 0 Å². The first-order chi connectivity index (χ1) is 6.93. The molecule has 15 heavy (non-hydrogen) atoms. The molecular weight excluding hydrogens is 215 g/mol. The van der Waals surface area contributed by atoms with E-state index < -0.39 is 13.4 Å². The Morgan fingerprint density at radius 3 is 2.33 bits per heavy atom. The second-order valence-corrected chi connectivity index (χ2v) is 5.05. The third-order valence-electron chi connectivity index (χ3n) is 1.89. The molecule has 0 radical (unpaired) electrons. The van der Waals surface area contributed by atoms with E-state index in [4.69, 9.17) is 15.0 Å². The molecule has 0 spiro atoms. The molecule has 0 aliphatic heterocycles. The van der Waals surface area contributed by atoms with E-state index in [9.17, 15) is 4.57 Å². The van der Waals surface area contributed by atoms with Gasteiger partial charge in [0.05, 0.1) is 11.6 Å². The van der Waals surface area contributed by atoms with Crippen LogP contribution in [0.4, 0.5) is 5.69 Å². The molecule has 0 saturated carbocycles. The molecule has 0 fully saturated rings. The van der Waals surface area contributed by atoms with Gasteiger partial charge in [-0.15, -0.1) is 0 Å². The van der Waals surface area contributed by atoms with Crippen LogP contribution >= 0.6 is 7.60 Å². The van der Waals surface area contributed by atoms with Crippen molar-refractivity contribution < 1.29 is 14.4 Å². The first-order valence-corrected chi connectivity index (χ1v) is 5.93. The lowest BCUT2D eigenvalue weighted by Crippen LogP contribution is -2.14. The summed E-state index contributed by atoms with van der Waals surface area (Å²) in [6.45, 7) is 1.40. The van der Waals surface area contributed by atoms with Gasteiger partial charge in [-0.1, -0.05) is 0 Å². The van der Waals surface area contributed by atoms with Crippen molar-refractivity contribution in [3.63, 3.8) is 0 Å². The zero-order valence-corrected chi connectivity index (χ0v) is 8.98. The van der Waals surface area contributed by atoms with E-state index in [-0.39, 0.29) is 0 Å². The second kappa shape index (κ2) is 4.45. The number of hydrogen-bond acceptors (Lipinski definition) is 3. The minimum Gasteiger partial charge on any atom is -0.372 e.